The van der Waals surface area contributed by atoms with Crippen LogP contribution in [-0.4, -0.2) is 48.3 Å². The molecule has 156 valence electrons. The van der Waals surface area contributed by atoms with E-state index in [1.54, 1.807) is 30.3 Å². The molecular weight excluding hydrogens is 416 g/mol. The van der Waals surface area contributed by atoms with E-state index in [2.05, 4.69) is 0 Å². The maximum absolute atomic E-state index is 11.3. The number of fused-ring (bicyclic) bond motifs is 1. The minimum absolute atomic E-state index is 0.178. The van der Waals surface area contributed by atoms with E-state index in [1.165, 1.54) is 24.3 Å². The van der Waals surface area contributed by atoms with Gasteiger partial charge in [0.05, 0.1) is 4.90 Å². The molecule has 0 aliphatic carbocycles. The van der Waals surface area contributed by atoms with Crippen molar-refractivity contribution in [2.45, 2.75) is 4.90 Å². The summed E-state index contributed by atoms with van der Waals surface area (Å²) in [5, 5.41) is 18.9. The smallest absolute Gasteiger partial charge is 0.341 e. The van der Waals surface area contributed by atoms with Gasteiger partial charge in [-0.25, -0.2) is 9.59 Å². The molecule has 0 heterocycles. The molecule has 0 atom stereocenters. The summed E-state index contributed by atoms with van der Waals surface area (Å²) in [5.74, 6) is -1.99. The molecule has 0 radical (unpaired) electrons. The highest BCUT2D eigenvalue weighted by Gasteiger charge is 2.12. The molecule has 0 saturated carbocycles. The zero-order valence-corrected chi connectivity index (χ0v) is 16.1. The summed E-state index contributed by atoms with van der Waals surface area (Å²) in [6, 6.07) is 13.8. The second-order valence-corrected chi connectivity index (χ2v) is 7.68. The highest BCUT2D eigenvalue weighted by Crippen LogP contribution is 2.32. The molecule has 0 unspecified atom stereocenters. The lowest BCUT2D eigenvalue weighted by Gasteiger charge is -2.12. The van der Waals surface area contributed by atoms with Gasteiger partial charge in [0.15, 0.2) is 13.2 Å². The average molecular weight is 432 g/mol. The van der Waals surface area contributed by atoms with Gasteiger partial charge in [0.1, 0.15) is 11.5 Å². The number of hydrogen-bond acceptors (Lipinski definition) is 6. The average Bonchev–Trinajstić information content (AvgIpc) is 2.69. The number of carbonyl (C=O) groups is 2. The van der Waals surface area contributed by atoms with Gasteiger partial charge in [-0.3, -0.25) is 4.55 Å². The van der Waals surface area contributed by atoms with Crippen LogP contribution in [0.2, 0.25) is 0 Å². The molecule has 0 amide bonds. The number of carboxylic acid groups (broad SMARTS) is 2. The lowest BCUT2D eigenvalue weighted by molar-refractivity contribution is -0.140. The third-order valence-electron chi connectivity index (χ3n) is 4.05. The maximum atomic E-state index is 11.3. The van der Waals surface area contributed by atoms with E-state index in [9.17, 15) is 22.6 Å². The maximum Gasteiger partial charge on any atom is 0.341 e. The number of ether oxygens (including phenoxy) is 2. The van der Waals surface area contributed by atoms with Crippen LogP contribution < -0.4 is 9.47 Å². The van der Waals surface area contributed by atoms with Gasteiger partial charge in [0.2, 0.25) is 0 Å². The van der Waals surface area contributed by atoms with Crippen LogP contribution in [-0.2, 0) is 19.7 Å². The molecular formula is C20H16O9S. The molecule has 0 saturated heterocycles. The zero-order chi connectivity index (χ0) is 21.9. The Morgan fingerprint density at radius 2 is 1.27 bits per heavy atom. The Morgan fingerprint density at radius 1 is 0.733 bits per heavy atom. The summed E-state index contributed by atoms with van der Waals surface area (Å²) < 4.78 is 42.2. The topological polar surface area (TPSA) is 147 Å². The van der Waals surface area contributed by atoms with Crippen LogP contribution in [0.3, 0.4) is 0 Å². The number of benzene rings is 3. The van der Waals surface area contributed by atoms with Gasteiger partial charge in [-0.15, -0.1) is 0 Å². The molecule has 0 aliphatic heterocycles. The van der Waals surface area contributed by atoms with Gasteiger partial charge in [0, 0.05) is 6.07 Å². The normalized spacial score (nSPS) is 11.2. The van der Waals surface area contributed by atoms with E-state index < -0.39 is 35.3 Å². The quantitative estimate of drug-likeness (QED) is 0.457. The van der Waals surface area contributed by atoms with Crippen LogP contribution in [0.15, 0.2) is 59.5 Å². The standard InChI is InChI=1S/C20H16O9S/c21-19(22)10-28-16-6-15(7-17(9-16)29-11-20(23)24)13-1-2-14-8-18(30(25,26)27)4-3-12(14)5-13/h1-9H,10-11H2,(H,21,22)(H,23,24)(H,25,26,27). The number of carboxylic acids is 2. The van der Waals surface area contributed by atoms with Crippen LogP contribution >= 0.6 is 0 Å². The molecule has 3 aromatic carbocycles. The summed E-state index contributed by atoms with van der Waals surface area (Å²) in [5.41, 5.74) is 1.24. The molecule has 0 spiro atoms. The first-order valence-electron chi connectivity index (χ1n) is 8.48. The monoisotopic (exact) mass is 432 g/mol. The molecule has 30 heavy (non-hydrogen) atoms. The Kier molecular flexibility index (Phi) is 5.90. The van der Waals surface area contributed by atoms with Crippen molar-refractivity contribution >= 4 is 32.8 Å². The van der Waals surface area contributed by atoms with Crippen LogP contribution in [0.1, 0.15) is 0 Å². The van der Waals surface area contributed by atoms with Crippen LogP contribution in [0.5, 0.6) is 11.5 Å². The first-order chi connectivity index (χ1) is 14.1. The lowest BCUT2D eigenvalue weighted by atomic mass is 10.0. The molecule has 3 rings (SSSR count). The first kappa shape index (κ1) is 21.1. The van der Waals surface area contributed by atoms with Crippen LogP contribution in [0, 0.1) is 0 Å². The van der Waals surface area contributed by atoms with Gasteiger partial charge in [-0.1, -0.05) is 18.2 Å². The molecule has 3 aromatic rings. The second kappa shape index (κ2) is 8.39. The lowest BCUT2D eigenvalue weighted by Crippen LogP contribution is -2.11. The van der Waals surface area contributed by atoms with Crippen LogP contribution in [0.4, 0.5) is 0 Å². The van der Waals surface area contributed by atoms with E-state index in [1.807, 2.05) is 0 Å². The van der Waals surface area contributed by atoms with Gasteiger partial charge < -0.3 is 19.7 Å². The molecule has 10 heteroatoms. The predicted octanol–water partition coefficient (Wildman–Crippen LogP) is 2.68. The minimum atomic E-state index is -4.32. The van der Waals surface area contributed by atoms with Crippen molar-refractivity contribution in [3.63, 3.8) is 0 Å². The predicted molar refractivity (Wildman–Crippen MR) is 105 cm³/mol. The molecule has 0 aliphatic rings. The van der Waals surface area contributed by atoms with Crippen molar-refractivity contribution < 1.29 is 42.2 Å². The zero-order valence-electron chi connectivity index (χ0n) is 15.3. The summed E-state index contributed by atoms with van der Waals surface area (Å²) >= 11 is 0. The van der Waals surface area contributed by atoms with Crippen molar-refractivity contribution in [1.29, 1.82) is 0 Å². The highest BCUT2D eigenvalue weighted by molar-refractivity contribution is 7.85. The third kappa shape index (κ3) is 5.25. The third-order valence-corrected chi connectivity index (χ3v) is 4.90. The van der Waals surface area contributed by atoms with E-state index in [4.69, 9.17) is 19.7 Å². The van der Waals surface area contributed by atoms with E-state index in [0.717, 1.165) is 0 Å². The van der Waals surface area contributed by atoms with E-state index in [0.29, 0.717) is 21.9 Å². The molecule has 0 aromatic heterocycles. The summed E-state index contributed by atoms with van der Waals surface area (Å²) in [7, 11) is -4.32. The largest absolute Gasteiger partial charge is 0.482 e. The number of aliphatic carboxylic acids is 2. The second-order valence-electron chi connectivity index (χ2n) is 6.26. The van der Waals surface area contributed by atoms with Crippen molar-refractivity contribution in [2.24, 2.45) is 0 Å². The summed E-state index contributed by atoms with van der Waals surface area (Å²) in [6.07, 6.45) is 0. The fraction of sp³-hybridized carbons (Fsp3) is 0.100. The number of hydrogen-bond donors (Lipinski definition) is 3. The fourth-order valence-electron chi connectivity index (χ4n) is 2.76. The fourth-order valence-corrected chi connectivity index (χ4v) is 3.27. The van der Waals surface area contributed by atoms with Gasteiger partial charge in [-0.2, -0.15) is 8.42 Å². The Labute approximate surface area is 170 Å². The van der Waals surface area contributed by atoms with Gasteiger partial charge in [-0.05, 0) is 52.2 Å². The van der Waals surface area contributed by atoms with Crippen molar-refractivity contribution in [3.8, 4) is 22.6 Å². The van der Waals surface area contributed by atoms with Crippen molar-refractivity contribution in [1.82, 2.24) is 0 Å². The Morgan fingerprint density at radius 3 is 1.80 bits per heavy atom. The van der Waals surface area contributed by atoms with Gasteiger partial charge in [0.25, 0.3) is 10.1 Å². The van der Waals surface area contributed by atoms with Crippen LogP contribution in [0.25, 0.3) is 21.9 Å². The molecule has 9 nitrogen and oxygen atoms in total. The Hall–Kier alpha value is -3.63. The van der Waals surface area contributed by atoms with Crippen molar-refractivity contribution in [2.75, 3.05) is 13.2 Å². The minimum Gasteiger partial charge on any atom is -0.482 e. The molecule has 3 N–H and O–H groups in total. The SMILES string of the molecule is O=C(O)COc1cc(OCC(=O)O)cc(-c2ccc3cc(S(=O)(=O)O)ccc3c2)c1. The van der Waals surface area contributed by atoms with E-state index >= 15 is 0 Å². The van der Waals surface area contributed by atoms with Crippen molar-refractivity contribution in [3.05, 3.63) is 54.6 Å². The Balaban J connectivity index is 2.02. The number of rotatable bonds is 8. The Bertz CT molecular complexity index is 1200. The molecule has 0 bridgehead atoms. The summed E-state index contributed by atoms with van der Waals surface area (Å²) in [6.45, 7) is -1.17. The van der Waals surface area contributed by atoms with E-state index in [-0.39, 0.29) is 16.4 Å². The van der Waals surface area contributed by atoms with Gasteiger partial charge >= 0.3 is 11.9 Å². The first-order valence-corrected chi connectivity index (χ1v) is 9.92. The summed E-state index contributed by atoms with van der Waals surface area (Å²) in [4.78, 5) is 21.3. The molecule has 0 fully saturated rings. The highest BCUT2D eigenvalue weighted by atomic mass is 32.2.